The first-order valence-electron chi connectivity index (χ1n) is 7.09. The molecule has 0 radical (unpaired) electrons. The van der Waals surface area contributed by atoms with E-state index in [4.69, 9.17) is 22.1 Å². The average Bonchev–Trinajstić information content (AvgIpc) is 3.18. The second kappa shape index (κ2) is 6.67. The molecule has 0 saturated heterocycles. The number of nitrogens with zero attached hydrogens (tertiary/aromatic N) is 5. The summed E-state index contributed by atoms with van der Waals surface area (Å²) in [6.45, 7) is 2.58. The van der Waals surface area contributed by atoms with Crippen molar-refractivity contribution in [1.82, 2.24) is 25.3 Å². The Morgan fingerprint density at radius 3 is 2.92 bits per heavy atom. The molecular weight excluding hydrogens is 336 g/mol. The van der Waals surface area contributed by atoms with Crippen LogP contribution in [0.2, 0.25) is 0 Å². The molecule has 1 aromatic carbocycles. The number of aromatic nitrogens is 5. The third-order valence-electron chi connectivity index (χ3n) is 3.13. The van der Waals surface area contributed by atoms with Gasteiger partial charge in [0.1, 0.15) is 11.4 Å². The first kappa shape index (κ1) is 15.9. The minimum atomic E-state index is -0.758. The van der Waals surface area contributed by atoms with Gasteiger partial charge in [0.2, 0.25) is 11.6 Å². The SMILES string of the molecule is CCCOc1cccc(-c2c(C(=O)Cl)nnn2-c2nonc2N)c1. The van der Waals surface area contributed by atoms with Gasteiger partial charge < -0.3 is 10.5 Å². The summed E-state index contributed by atoms with van der Waals surface area (Å²) in [5.74, 6) is 0.760. The van der Waals surface area contributed by atoms with Crippen molar-refractivity contribution in [3.05, 3.63) is 30.0 Å². The summed E-state index contributed by atoms with van der Waals surface area (Å²) in [7, 11) is 0. The predicted octanol–water partition coefficient (Wildman–Crippen LogP) is 2.07. The maximum atomic E-state index is 11.7. The van der Waals surface area contributed by atoms with Gasteiger partial charge in [0.25, 0.3) is 5.24 Å². The Balaban J connectivity index is 2.14. The molecule has 0 amide bonds. The fraction of sp³-hybridized carbons (Fsp3) is 0.214. The lowest BCUT2D eigenvalue weighted by Gasteiger charge is -2.08. The Morgan fingerprint density at radius 1 is 1.42 bits per heavy atom. The van der Waals surface area contributed by atoms with Gasteiger partial charge in [-0.15, -0.1) is 5.10 Å². The molecule has 0 aliphatic heterocycles. The van der Waals surface area contributed by atoms with E-state index in [1.165, 1.54) is 4.68 Å². The van der Waals surface area contributed by atoms with Crippen LogP contribution in [0.25, 0.3) is 17.1 Å². The minimum absolute atomic E-state index is 0.00751. The van der Waals surface area contributed by atoms with E-state index in [0.29, 0.717) is 23.6 Å². The molecule has 10 heteroatoms. The van der Waals surface area contributed by atoms with Crippen molar-refractivity contribution in [1.29, 1.82) is 0 Å². The zero-order valence-electron chi connectivity index (χ0n) is 12.6. The first-order chi connectivity index (χ1) is 11.6. The van der Waals surface area contributed by atoms with E-state index in [1.807, 2.05) is 13.0 Å². The number of hydrogen-bond donors (Lipinski definition) is 1. The largest absolute Gasteiger partial charge is 0.494 e. The summed E-state index contributed by atoms with van der Waals surface area (Å²) in [5.41, 5.74) is 6.60. The molecule has 2 heterocycles. The number of carbonyl (C=O) groups excluding carboxylic acids is 1. The van der Waals surface area contributed by atoms with Crippen LogP contribution in [0.4, 0.5) is 5.82 Å². The van der Waals surface area contributed by atoms with Gasteiger partial charge in [-0.25, -0.2) is 4.63 Å². The molecule has 24 heavy (non-hydrogen) atoms. The summed E-state index contributed by atoms with van der Waals surface area (Å²) >= 11 is 5.62. The van der Waals surface area contributed by atoms with Crippen molar-refractivity contribution in [3.63, 3.8) is 0 Å². The minimum Gasteiger partial charge on any atom is -0.494 e. The standard InChI is InChI=1S/C14H13ClN6O3/c1-2-6-23-9-5-3-4-8(7-9)11-10(12(15)22)17-20-21(11)14-13(16)18-24-19-14/h3-5,7H,2,6H2,1H3,(H2,16,18). The third kappa shape index (κ3) is 2.93. The number of nitrogen functional groups attached to an aromatic ring is 1. The summed E-state index contributed by atoms with van der Waals surface area (Å²) in [5, 5.41) is 14.1. The Morgan fingerprint density at radius 2 is 2.25 bits per heavy atom. The highest BCUT2D eigenvalue weighted by atomic mass is 35.5. The Bertz CT molecular complexity index is 875. The number of halogens is 1. The molecule has 2 aromatic heterocycles. The number of anilines is 1. The van der Waals surface area contributed by atoms with E-state index in [-0.39, 0.29) is 17.3 Å². The van der Waals surface area contributed by atoms with Crippen LogP contribution in [0.15, 0.2) is 28.9 Å². The van der Waals surface area contributed by atoms with Gasteiger partial charge in [-0.3, -0.25) is 4.79 Å². The van der Waals surface area contributed by atoms with Crippen molar-refractivity contribution in [3.8, 4) is 22.8 Å². The number of rotatable bonds is 6. The van der Waals surface area contributed by atoms with E-state index in [2.05, 4.69) is 25.3 Å². The maximum Gasteiger partial charge on any atom is 0.275 e. The Labute approximate surface area is 141 Å². The molecule has 0 unspecified atom stereocenters. The highest BCUT2D eigenvalue weighted by Gasteiger charge is 2.24. The lowest BCUT2D eigenvalue weighted by molar-refractivity contribution is 0.107. The highest BCUT2D eigenvalue weighted by Crippen LogP contribution is 2.29. The molecule has 3 aromatic rings. The van der Waals surface area contributed by atoms with Crippen LogP contribution in [0, 0.1) is 0 Å². The van der Waals surface area contributed by atoms with Crippen LogP contribution >= 0.6 is 11.6 Å². The molecule has 3 rings (SSSR count). The van der Waals surface area contributed by atoms with Gasteiger partial charge in [-0.2, -0.15) is 4.68 Å². The van der Waals surface area contributed by atoms with Crippen molar-refractivity contribution in [2.75, 3.05) is 12.3 Å². The number of ether oxygens (including phenoxy) is 1. The number of hydrogen-bond acceptors (Lipinski definition) is 8. The fourth-order valence-corrected chi connectivity index (χ4v) is 2.24. The molecule has 0 aliphatic rings. The second-order valence-corrected chi connectivity index (χ2v) is 5.16. The van der Waals surface area contributed by atoms with Crippen molar-refractivity contribution >= 4 is 22.7 Å². The van der Waals surface area contributed by atoms with Crippen LogP contribution in [-0.2, 0) is 0 Å². The Kier molecular flexibility index (Phi) is 4.43. The maximum absolute atomic E-state index is 11.7. The highest BCUT2D eigenvalue weighted by molar-refractivity contribution is 6.67. The molecule has 0 aliphatic carbocycles. The van der Waals surface area contributed by atoms with E-state index < -0.39 is 5.24 Å². The molecule has 0 spiro atoms. The first-order valence-corrected chi connectivity index (χ1v) is 7.46. The molecule has 9 nitrogen and oxygen atoms in total. The smallest absolute Gasteiger partial charge is 0.275 e. The molecule has 124 valence electrons. The molecule has 0 fully saturated rings. The van der Waals surface area contributed by atoms with Crippen molar-refractivity contribution in [2.45, 2.75) is 13.3 Å². The van der Waals surface area contributed by atoms with Gasteiger partial charge in [-0.05, 0) is 40.5 Å². The normalized spacial score (nSPS) is 10.8. The van der Waals surface area contributed by atoms with Crippen molar-refractivity contribution in [2.24, 2.45) is 0 Å². The van der Waals surface area contributed by atoms with Gasteiger partial charge >= 0.3 is 0 Å². The van der Waals surface area contributed by atoms with Crippen LogP contribution in [-0.4, -0.2) is 37.2 Å². The van der Waals surface area contributed by atoms with Crippen molar-refractivity contribution < 1.29 is 14.2 Å². The summed E-state index contributed by atoms with van der Waals surface area (Å²) < 4.78 is 11.4. The van der Waals surface area contributed by atoms with Crippen LogP contribution in [0.5, 0.6) is 5.75 Å². The quantitative estimate of drug-likeness (QED) is 0.671. The van der Waals surface area contributed by atoms with E-state index in [0.717, 1.165) is 6.42 Å². The predicted molar refractivity (Wildman–Crippen MR) is 85.0 cm³/mol. The van der Waals surface area contributed by atoms with Crippen LogP contribution in [0.3, 0.4) is 0 Å². The fourth-order valence-electron chi connectivity index (χ4n) is 2.11. The van der Waals surface area contributed by atoms with E-state index in [9.17, 15) is 4.79 Å². The molecule has 0 saturated carbocycles. The van der Waals surface area contributed by atoms with Crippen LogP contribution < -0.4 is 10.5 Å². The monoisotopic (exact) mass is 348 g/mol. The van der Waals surface area contributed by atoms with E-state index in [1.54, 1.807) is 18.2 Å². The average molecular weight is 349 g/mol. The number of carbonyl (C=O) groups is 1. The second-order valence-electron chi connectivity index (χ2n) is 4.82. The summed E-state index contributed by atoms with van der Waals surface area (Å²) in [6, 6.07) is 7.10. The lowest BCUT2D eigenvalue weighted by Crippen LogP contribution is -2.04. The van der Waals surface area contributed by atoms with Gasteiger partial charge in [0.05, 0.1) is 6.61 Å². The zero-order chi connectivity index (χ0) is 17.1. The van der Waals surface area contributed by atoms with E-state index >= 15 is 0 Å². The summed E-state index contributed by atoms with van der Waals surface area (Å²) in [6.07, 6.45) is 0.871. The Hall–Kier alpha value is -2.94. The molecule has 0 bridgehead atoms. The molecule has 0 atom stereocenters. The van der Waals surface area contributed by atoms with Gasteiger partial charge in [0, 0.05) is 5.56 Å². The molecule has 2 N–H and O–H groups in total. The lowest BCUT2D eigenvalue weighted by atomic mass is 10.1. The summed E-state index contributed by atoms with van der Waals surface area (Å²) in [4.78, 5) is 11.7. The van der Waals surface area contributed by atoms with Gasteiger partial charge in [0.15, 0.2) is 5.69 Å². The third-order valence-corrected chi connectivity index (χ3v) is 3.31. The molecular formula is C14H13ClN6O3. The number of nitrogens with two attached hydrogens (primary N) is 1. The van der Waals surface area contributed by atoms with Crippen LogP contribution in [0.1, 0.15) is 23.8 Å². The van der Waals surface area contributed by atoms with Gasteiger partial charge in [-0.1, -0.05) is 24.3 Å². The topological polar surface area (TPSA) is 122 Å². The number of benzene rings is 1. The zero-order valence-corrected chi connectivity index (χ0v) is 13.4.